The lowest BCUT2D eigenvalue weighted by atomic mass is 9.78. The number of amides is 5. The fraction of sp³-hybridized carbons (Fsp3) is 0.607. The van der Waals surface area contributed by atoms with E-state index >= 15 is 0 Å². The van der Waals surface area contributed by atoms with E-state index in [0.29, 0.717) is 63.5 Å². The lowest BCUT2D eigenvalue weighted by molar-refractivity contribution is -0.187. The Hall–Kier alpha value is -4.71. The summed E-state index contributed by atoms with van der Waals surface area (Å²) in [7, 11) is 3.05. The number of carbonyl (C=O) groups excluding carboxylic acids is 8. The number of nitrogens with one attached hydrogen (secondary N) is 3. The fourth-order valence-electron chi connectivity index (χ4n) is 10.8. The van der Waals surface area contributed by atoms with Crippen LogP contribution in [0.15, 0.2) is 58.6 Å². The normalized spacial score (nSPS) is 24.6. The van der Waals surface area contributed by atoms with Gasteiger partial charge in [-0.05, 0) is 114 Å². The number of alkyl halides is 2. The fourth-order valence-corrected chi connectivity index (χ4v) is 13.1. The SMILES string of the molecule is CO[C@@H]1/C=C/C=C(\C)Cc2cc(C)c(Cl)c(c2)N(C)C(=O)C[C@H](OC(=O)Nc2ccc(CC(=O)[C@H](CCCNC(N)=O)NC(=O)[C@@H](CC(=O)CCCCC(C)(C)OC(=O)C(CBr)CBr)C(C)C)c(Br)c2)[C@]2(C)O[C@H]2[C@H](C)[C@@H]2C[C@@]1(O)CC(=O)O2. The summed E-state index contributed by atoms with van der Waals surface area (Å²) in [5.41, 5.74) is 5.48. The lowest BCUT2D eigenvalue weighted by Gasteiger charge is -2.41. The number of ether oxygens (including phenoxy) is 5. The number of nitrogens with zero attached hydrogens (tertiary/aromatic N) is 1. The van der Waals surface area contributed by atoms with Gasteiger partial charge in [-0.3, -0.25) is 34.1 Å². The number of halogens is 4. The number of ketones is 2. The van der Waals surface area contributed by atoms with Crippen LogP contribution in [-0.2, 0) is 65.3 Å². The molecule has 19 nitrogen and oxygen atoms in total. The monoisotopic (exact) mass is 1380 g/mol. The highest BCUT2D eigenvalue weighted by Gasteiger charge is 2.64. The van der Waals surface area contributed by atoms with Gasteiger partial charge in [0.25, 0.3) is 0 Å². The number of Topliss-reactive ketones (excluding diaryl/α,β-unsaturated/α-hetero) is 2. The molecule has 3 aliphatic heterocycles. The van der Waals surface area contributed by atoms with Crippen molar-refractivity contribution in [2.45, 2.75) is 180 Å². The van der Waals surface area contributed by atoms with Gasteiger partial charge in [-0.2, -0.15) is 0 Å². The van der Waals surface area contributed by atoms with Crippen LogP contribution < -0.4 is 26.6 Å². The third-order valence-electron chi connectivity index (χ3n) is 15.9. The van der Waals surface area contributed by atoms with Crippen LogP contribution in [0, 0.1) is 30.6 Å². The van der Waals surface area contributed by atoms with E-state index in [9.17, 15) is 43.5 Å². The maximum absolute atomic E-state index is 14.4. The molecule has 2 fully saturated rings. The number of aliphatic hydroxyl groups is 1. The molecule has 3 aliphatic rings. The number of methoxy groups -OCH3 is 1. The van der Waals surface area contributed by atoms with Gasteiger partial charge >= 0.3 is 24.1 Å². The molecule has 5 amide bonds. The Morgan fingerprint density at radius 1 is 1.04 bits per heavy atom. The Morgan fingerprint density at radius 3 is 2.38 bits per heavy atom. The van der Waals surface area contributed by atoms with Crippen molar-refractivity contribution in [3.63, 3.8) is 0 Å². The number of allylic oxidation sites excluding steroid dienone is 3. The topological polar surface area (TPSA) is 272 Å². The average Bonchev–Trinajstić information content (AvgIpc) is 1.73. The van der Waals surface area contributed by atoms with E-state index in [4.69, 9.17) is 41.0 Å². The van der Waals surface area contributed by atoms with Crippen molar-refractivity contribution >= 4 is 118 Å². The maximum atomic E-state index is 14.4. The van der Waals surface area contributed by atoms with E-state index in [1.807, 2.05) is 59.8 Å². The Morgan fingerprint density at radius 2 is 1.74 bits per heavy atom. The van der Waals surface area contributed by atoms with Crippen molar-refractivity contribution in [2.24, 2.45) is 29.4 Å². The van der Waals surface area contributed by atoms with Gasteiger partial charge < -0.3 is 50.1 Å². The van der Waals surface area contributed by atoms with Crippen molar-refractivity contribution < 1.29 is 67.1 Å². The van der Waals surface area contributed by atoms with Crippen molar-refractivity contribution in [2.75, 3.05) is 41.6 Å². The van der Waals surface area contributed by atoms with Crippen LogP contribution in [0.4, 0.5) is 21.0 Å². The molecular formula is C61H83Br3ClN5O14. The zero-order chi connectivity index (χ0) is 62.4. The molecule has 5 rings (SSSR count). The Labute approximate surface area is 523 Å². The number of urea groups is 1. The first-order valence-electron chi connectivity index (χ1n) is 28.5. The molecule has 23 heteroatoms. The number of hydrogen-bond donors (Lipinski definition) is 5. The van der Waals surface area contributed by atoms with Crippen molar-refractivity contribution in [3.05, 3.63) is 80.3 Å². The van der Waals surface area contributed by atoms with E-state index in [-0.39, 0.29) is 86.5 Å². The van der Waals surface area contributed by atoms with Crippen LogP contribution in [-0.4, -0.2) is 131 Å². The van der Waals surface area contributed by atoms with Crippen LogP contribution in [0.5, 0.6) is 0 Å². The van der Waals surface area contributed by atoms with Gasteiger partial charge in [0, 0.05) is 79.0 Å². The number of unbranched alkanes of at least 4 members (excludes halogenated alkanes) is 1. The van der Waals surface area contributed by atoms with Gasteiger partial charge in [0.15, 0.2) is 5.78 Å². The van der Waals surface area contributed by atoms with Gasteiger partial charge in [0.2, 0.25) is 11.8 Å². The molecule has 0 aromatic heterocycles. The lowest BCUT2D eigenvalue weighted by Crippen LogP contribution is -2.53. The van der Waals surface area contributed by atoms with Crippen molar-refractivity contribution in [1.82, 2.24) is 10.6 Å². The van der Waals surface area contributed by atoms with E-state index in [1.165, 1.54) is 12.0 Å². The molecule has 4 bridgehead atoms. The predicted molar refractivity (Wildman–Crippen MR) is 331 cm³/mol. The summed E-state index contributed by atoms with van der Waals surface area (Å²) in [4.78, 5) is 109. The minimum atomic E-state index is -1.63. The van der Waals surface area contributed by atoms with E-state index in [2.05, 4.69) is 63.7 Å². The van der Waals surface area contributed by atoms with E-state index in [0.717, 1.165) is 16.7 Å². The molecule has 2 aromatic carbocycles. The van der Waals surface area contributed by atoms with Gasteiger partial charge in [-0.25, -0.2) is 9.59 Å². The highest BCUT2D eigenvalue weighted by atomic mass is 79.9. The molecule has 0 radical (unpaired) electrons. The number of anilines is 2. The predicted octanol–water partition coefficient (Wildman–Crippen LogP) is 10.2. The number of carbonyl (C=O) groups is 8. The number of epoxide rings is 1. The smallest absolute Gasteiger partial charge is 0.412 e. The molecule has 3 heterocycles. The van der Waals surface area contributed by atoms with E-state index in [1.54, 1.807) is 51.2 Å². The number of esters is 2. The van der Waals surface area contributed by atoms with Gasteiger partial charge in [-0.1, -0.05) is 116 Å². The van der Waals surface area contributed by atoms with Crippen LogP contribution >= 0.6 is 59.4 Å². The first-order valence-corrected chi connectivity index (χ1v) is 31.9. The molecule has 6 N–H and O–H groups in total. The summed E-state index contributed by atoms with van der Waals surface area (Å²) in [5.74, 6) is -4.15. The maximum Gasteiger partial charge on any atom is 0.412 e. The molecule has 0 aliphatic carbocycles. The van der Waals surface area contributed by atoms with Gasteiger partial charge in [-0.15, -0.1) is 0 Å². The third-order valence-corrected chi connectivity index (χ3v) is 18.7. The minimum absolute atomic E-state index is 0.0145. The second-order valence-corrected chi connectivity index (χ2v) is 26.2. The standard InChI is InChI=1S/C61H83Br3ClN5O14/c1-34(2)43(28-42(71)16-11-12-21-59(6,7)84-56(76)40(32-62)33-63)55(75)69-45(17-14-22-67-57(66)77)47(72)26-39-19-20-41(27-44(39)64)68-58(78)82-50-29-51(73)70(9)46-25-38(24-36(4)53(46)65)23-35(3)15-13-18-49(80-10)61(79)30-48(81-52(74)31-61)37(5)54-60(50,8)83-54/h13,15,18-20,24-25,27,34,37,40,43,45,48-50,54,79H,11-12,14,16-17,21-23,26,28-33H2,1-10H3,(H,68,78)(H,69,75)(H3,66,67,77)/b18-13+,35-15+/t37-,43+,45+,48+,49-,50+,54+,60+,61-/m1/s1. The zero-order valence-corrected chi connectivity index (χ0v) is 55.2. The Kier molecular flexibility index (Phi) is 26.1. The van der Waals surface area contributed by atoms with Crippen LogP contribution in [0.3, 0.4) is 0 Å². The molecule has 84 heavy (non-hydrogen) atoms. The molecule has 9 atom stereocenters. The molecule has 0 spiro atoms. The minimum Gasteiger partial charge on any atom is -0.462 e. The number of hydrogen-bond acceptors (Lipinski definition) is 14. The number of fused-ring (bicyclic) bond motifs is 5. The van der Waals surface area contributed by atoms with Crippen LogP contribution in [0.2, 0.25) is 5.02 Å². The highest BCUT2D eigenvalue weighted by Crippen LogP contribution is 2.50. The van der Waals surface area contributed by atoms with Gasteiger partial charge in [0.1, 0.15) is 40.9 Å². The largest absolute Gasteiger partial charge is 0.462 e. The molecular weight excluding hydrogens is 1300 g/mol. The van der Waals surface area contributed by atoms with Crippen LogP contribution in [0.1, 0.15) is 129 Å². The quantitative estimate of drug-likeness (QED) is 0.0215. The van der Waals surface area contributed by atoms with E-state index < -0.39 is 89.0 Å². The third kappa shape index (κ3) is 19.7. The zero-order valence-electron chi connectivity index (χ0n) is 49.7. The summed E-state index contributed by atoms with van der Waals surface area (Å²) < 4.78 is 30.2. The second-order valence-electron chi connectivity index (χ2n) is 23.7. The van der Waals surface area contributed by atoms with Crippen molar-refractivity contribution in [3.8, 4) is 0 Å². The van der Waals surface area contributed by atoms with Crippen molar-refractivity contribution in [1.29, 1.82) is 0 Å². The molecule has 2 saturated heterocycles. The number of primary amides is 1. The summed E-state index contributed by atoms with van der Waals surface area (Å²) in [6.07, 6.45) is 2.87. The first-order chi connectivity index (χ1) is 39.4. The molecule has 2 aromatic rings. The van der Waals surface area contributed by atoms with Crippen LogP contribution in [0.25, 0.3) is 0 Å². The number of aryl methyl sites for hydroxylation is 1. The molecule has 0 unspecified atom stereocenters. The summed E-state index contributed by atoms with van der Waals surface area (Å²) in [5, 5.41) is 21.5. The Balaban J connectivity index is 1.31. The number of benzene rings is 2. The molecule has 464 valence electrons. The number of nitrogens with two attached hydrogens (primary N) is 1. The summed E-state index contributed by atoms with van der Waals surface area (Å²) in [6, 6.07) is 6.81. The highest BCUT2D eigenvalue weighted by molar-refractivity contribution is 9.10. The first kappa shape index (κ1) is 70.1. The summed E-state index contributed by atoms with van der Waals surface area (Å²) in [6.45, 7) is 14.8. The molecule has 0 saturated carbocycles. The summed E-state index contributed by atoms with van der Waals surface area (Å²) >= 11 is 17.1. The average molecular weight is 1390 g/mol. The van der Waals surface area contributed by atoms with Gasteiger partial charge in [0.05, 0.1) is 41.6 Å². The number of rotatable bonds is 24. The second kappa shape index (κ2) is 31.3. The Bertz CT molecular complexity index is 2790.